The highest BCUT2D eigenvalue weighted by Crippen LogP contribution is 2.08. The summed E-state index contributed by atoms with van der Waals surface area (Å²) in [7, 11) is -4.02. The lowest BCUT2D eigenvalue weighted by molar-refractivity contribution is 0.483. The van der Waals surface area contributed by atoms with Gasteiger partial charge in [-0.1, -0.05) is 41.8 Å². The molecule has 0 amide bonds. The van der Waals surface area contributed by atoms with Gasteiger partial charge in [0.15, 0.2) is 5.01 Å². The van der Waals surface area contributed by atoms with Gasteiger partial charge < -0.3 is 0 Å². The van der Waals surface area contributed by atoms with Crippen molar-refractivity contribution < 1.29 is 13.0 Å². The van der Waals surface area contributed by atoms with Gasteiger partial charge in [0, 0.05) is 17.1 Å². The molecule has 1 N–H and O–H groups in total. The van der Waals surface area contributed by atoms with Crippen LogP contribution in [0.3, 0.4) is 0 Å². The summed E-state index contributed by atoms with van der Waals surface area (Å²) in [5.41, 5.74) is 1.98. The molecule has 6 heteroatoms. The van der Waals surface area contributed by atoms with E-state index in [0.29, 0.717) is 0 Å². The van der Waals surface area contributed by atoms with E-state index in [1.807, 2.05) is 42.6 Å². The molecule has 3 rings (SSSR count). The first-order valence-electron chi connectivity index (χ1n) is 6.96. The molecular weight excluding hydrogens is 342 g/mol. The van der Waals surface area contributed by atoms with Crippen LogP contribution in [-0.4, -0.2) is 18.0 Å². The Bertz CT molecular complexity index is 921. The fourth-order valence-corrected chi connectivity index (χ4v) is 2.60. The number of thiazole rings is 1. The van der Waals surface area contributed by atoms with Crippen LogP contribution in [0.15, 0.2) is 71.1 Å². The van der Waals surface area contributed by atoms with E-state index in [2.05, 4.69) is 16.8 Å². The number of aromatic nitrogens is 1. The number of rotatable bonds is 1. The Hall–Kier alpha value is -2.46. The van der Waals surface area contributed by atoms with Crippen molar-refractivity contribution in [2.24, 2.45) is 0 Å². The van der Waals surface area contributed by atoms with Gasteiger partial charge >= 0.3 is 0 Å². The van der Waals surface area contributed by atoms with Gasteiger partial charge in [-0.15, -0.1) is 11.3 Å². The Morgan fingerprint density at radius 2 is 1.67 bits per heavy atom. The minimum atomic E-state index is -4.02. The lowest BCUT2D eigenvalue weighted by Crippen LogP contribution is -1.96. The molecule has 1 aromatic heterocycles. The largest absolute Gasteiger partial charge is 0.294 e. The van der Waals surface area contributed by atoms with E-state index < -0.39 is 10.1 Å². The van der Waals surface area contributed by atoms with Crippen LogP contribution in [0.2, 0.25) is 0 Å². The zero-order chi connectivity index (χ0) is 17.4. The molecule has 1 heterocycles. The molecule has 0 radical (unpaired) electrons. The zero-order valence-electron chi connectivity index (χ0n) is 12.9. The van der Waals surface area contributed by atoms with Crippen molar-refractivity contribution in [2.45, 2.75) is 11.8 Å². The summed E-state index contributed by atoms with van der Waals surface area (Å²) in [6.45, 7) is 1.84. The van der Waals surface area contributed by atoms with Crippen molar-refractivity contribution in [3.8, 4) is 11.8 Å². The third-order valence-electron chi connectivity index (χ3n) is 2.84. The summed E-state index contributed by atoms with van der Waals surface area (Å²) in [5.74, 6) is 6.04. The van der Waals surface area contributed by atoms with E-state index in [1.54, 1.807) is 29.7 Å². The summed E-state index contributed by atoms with van der Waals surface area (Å²) < 4.78 is 29.6. The van der Waals surface area contributed by atoms with Crippen LogP contribution >= 0.6 is 11.3 Å². The Balaban J connectivity index is 0.000000177. The molecule has 0 spiro atoms. The molecule has 0 aliphatic carbocycles. The van der Waals surface area contributed by atoms with Gasteiger partial charge in [-0.3, -0.25) is 4.55 Å². The highest BCUT2D eigenvalue weighted by atomic mass is 32.2. The monoisotopic (exact) mass is 357 g/mol. The molecule has 0 saturated carbocycles. The Morgan fingerprint density at radius 1 is 1.00 bits per heavy atom. The number of nitrogens with zero attached hydrogens (tertiary/aromatic N) is 1. The first-order chi connectivity index (χ1) is 11.4. The third-order valence-corrected chi connectivity index (χ3v) is 4.40. The molecule has 0 fully saturated rings. The fraction of sp³-hybridized carbons (Fsp3) is 0.0556. The van der Waals surface area contributed by atoms with Crippen molar-refractivity contribution >= 4 is 21.5 Å². The third kappa shape index (κ3) is 5.97. The fourth-order valence-electron chi connectivity index (χ4n) is 1.64. The maximum absolute atomic E-state index is 10.5. The molecule has 3 aromatic rings. The van der Waals surface area contributed by atoms with E-state index in [9.17, 15) is 8.42 Å². The van der Waals surface area contributed by atoms with Crippen molar-refractivity contribution in [3.05, 3.63) is 82.3 Å². The SMILES string of the molecule is C(#Cc1nccs1)c1ccccc1.Cc1ccc(S(=O)(=O)O)cc1. The summed E-state index contributed by atoms with van der Waals surface area (Å²) in [6, 6.07) is 15.9. The van der Waals surface area contributed by atoms with Gasteiger partial charge in [0.2, 0.25) is 0 Å². The normalized spacial score (nSPS) is 10.1. The highest BCUT2D eigenvalue weighted by molar-refractivity contribution is 7.85. The minimum absolute atomic E-state index is 0.0666. The smallest absolute Gasteiger partial charge is 0.282 e. The molecule has 4 nitrogen and oxygen atoms in total. The van der Waals surface area contributed by atoms with E-state index in [4.69, 9.17) is 4.55 Å². The average Bonchev–Trinajstić information content (AvgIpc) is 3.08. The molecule has 0 unspecified atom stereocenters. The summed E-state index contributed by atoms with van der Waals surface area (Å²) in [4.78, 5) is 4.01. The number of hydrogen-bond donors (Lipinski definition) is 1. The molecule has 24 heavy (non-hydrogen) atoms. The molecule has 122 valence electrons. The van der Waals surface area contributed by atoms with Gasteiger partial charge in [-0.2, -0.15) is 8.42 Å². The summed E-state index contributed by atoms with van der Waals surface area (Å²) >= 11 is 1.56. The van der Waals surface area contributed by atoms with Crippen LogP contribution in [0, 0.1) is 18.8 Å². The second-order valence-corrected chi connectivity index (χ2v) is 7.06. The first-order valence-corrected chi connectivity index (χ1v) is 9.28. The van der Waals surface area contributed by atoms with Crippen LogP contribution in [0.25, 0.3) is 0 Å². The van der Waals surface area contributed by atoms with Crippen LogP contribution in [-0.2, 0) is 10.1 Å². The quantitative estimate of drug-likeness (QED) is 0.531. The van der Waals surface area contributed by atoms with Crippen LogP contribution in [0.5, 0.6) is 0 Å². The van der Waals surface area contributed by atoms with Crippen molar-refractivity contribution in [1.82, 2.24) is 4.98 Å². The number of hydrogen-bond acceptors (Lipinski definition) is 4. The molecular formula is C18H15NO3S2. The molecule has 0 saturated heterocycles. The van der Waals surface area contributed by atoms with Gasteiger partial charge in [0.1, 0.15) is 0 Å². The molecule has 0 aliphatic rings. The predicted molar refractivity (Wildman–Crippen MR) is 95.5 cm³/mol. The maximum atomic E-state index is 10.5. The molecule has 0 bridgehead atoms. The van der Waals surface area contributed by atoms with Crippen molar-refractivity contribution in [2.75, 3.05) is 0 Å². The molecule has 0 atom stereocenters. The Kier molecular flexibility index (Phi) is 6.27. The van der Waals surface area contributed by atoms with Crippen molar-refractivity contribution in [3.63, 3.8) is 0 Å². The molecule has 2 aromatic carbocycles. The number of benzene rings is 2. The summed E-state index contributed by atoms with van der Waals surface area (Å²) in [6.07, 6.45) is 1.76. The molecule has 0 aliphatic heterocycles. The lowest BCUT2D eigenvalue weighted by atomic mass is 10.2. The van der Waals surface area contributed by atoms with E-state index in [-0.39, 0.29) is 4.90 Å². The predicted octanol–water partition coefficient (Wildman–Crippen LogP) is 3.78. The van der Waals surface area contributed by atoms with Gasteiger partial charge in [0.25, 0.3) is 10.1 Å². The second kappa shape index (κ2) is 8.41. The minimum Gasteiger partial charge on any atom is -0.282 e. The standard InChI is InChI=1S/C11H7NS.C7H8O3S/c1-2-4-10(5-3-1)6-7-11-12-8-9-13-11;1-6-2-4-7(5-3-6)11(8,9)10/h1-5,8-9H;2-5H,1H3,(H,8,9,10). The highest BCUT2D eigenvalue weighted by Gasteiger charge is 2.06. The Morgan fingerprint density at radius 3 is 2.21 bits per heavy atom. The first kappa shape index (κ1) is 17.9. The van der Waals surface area contributed by atoms with E-state index in [0.717, 1.165) is 16.1 Å². The van der Waals surface area contributed by atoms with Crippen molar-refractivity contribution in [1.29, 1.82) is 0 Å². The van der Waals surface area contributed by atoms with Crippen LogP contribution in [0.1, 0.15) is 16.1 Å². The zero-order valence-corrected chi connectivity index (χ0v) is 14.5. The second-order valence-electron chi connectivity index (χ2n) is 4.74. The topological polar surface area (TPSA) is 67.3 Å². The number of aryl methyl sites for hydroxylation is 1. The van der Waals surface area contributed by atoms with Crippen LogP contribution < -0.4 is 0 Å². The summed E-state index contributed by atoms with van der Waals surface area (Å²) in [5, 5.41) is 2.79. The van der Waals surface area contributed by atoms with Gasteiger partial charge in [0.05, 0.1) is 4.90 Å². The van der Waals surface area contributed by atoms with Gasteiger partial charge in [-0.25, -0.2) is 4.98 Å². The van der Waals surface area contributed by atoms with E-state index in [1.165, 1.54) is 12.1 Å². The van der Waals surface area contributed by atoms with Crippen LogP contribution in [0.4, 0.5) is 0 Å². The maximum Gasteiger partial charge on any atom is 0.294 e. The average molecular weight is 357 g/mol. The Labute approximate surface area is 145 Å². The lowest BCUT2D eigenvalue weighted by Gasteiger charge is -1.95. The van der Waals surface area contributed by atoms with Gasteiger partial charge in [-0.05, 0) is 37.1 Å². The van der Waals surface area contributed by atoms with E-state index >= 15 is 0 Å².